The number of benzene rings is 2. The Kier molecular flexibility index (Phi) is 8.05. The van der Waals surface area contributed by atoms with Gasteiger partial charge in [-0.05, 0) is 55.7 Å². The van der Waals surface area contributed by atoms with Crippen molar-refractivity contribution in [3.8, 4) is 11.1 Å². The first-order valence-electron chi connectivity index (χ1n) is 9.46. The van der Waals surface area contributed by atoms with Crippen LogP contribution < -0.4 is 5.32 Å². The Labute approximate surface area is 177 Å². The van der Waals surface area contributed by atoms with E-state index < -0.39 is 18.1 Å². The van der Waals surface area contributed by atoms with Gasteiger partial charge in [0.1, 0.15) is 12.6 Å². The van der Waals surface area contributed by atoms with Crippen LogP contribution in [0.15, 0.2) is 48.5 Å². The minimum atomic E-state index is -1.05. The molecule has 0 spiro atoms. The third-order valence-electron chi connectivity index (χ3n) is 5.03. The summed E-state index contributed by atoms with van der Waals surface area (Å²) >= 11 is 0. The lowest BCUT2D eigenvalue weighted by molar-refractivity contribution is -0.139. The van der Waals surface area contributed by atoms with Crippen LogP contribution >= 0.6 is 12.4 Å². The Morgan fingerprint density at radius 1 is 1.07 bits per heavy atom. The predicted octanol–water partition coefficient (Wildman–Crippen LogP) is 3.74. The summed E-state index contributed by atoms with van der Waals surface area (Å²) in [5.74, 6) is -1.09. The second kappa shape index (κ2) is 10.3. The fourth-order valence-corrected chi connectivity index (χ4v) is 3.65. The number of nitrogens with zero attached hydrogens (tertiary/aromatic N) is 1. The zero-order chi connectivity index (χ0) is 20.1. The van der Waals surface area contributed by atoms with Crippen molar-refractivity contribution in [3.63, 3.8) is 0 Å². The maximum Gasteiger partial charge on any atom is 0.407 e. The van der Waals surface area contributed by atoms with Gasteiger partial charge >= 0.3 is 12.1 Å². The zero-order valence-corrected chi connectivity index (χ0v) is 17.4. The van der Waals surface area contributed by atoms with Gasteiger partial charge in [0.25, 0.3) is 0 Å². The number of alkyl carbamates (subject to hydrolysis) is 1. The molecule has 2 N–H and O–H groups in total. The van der Waals surface area contributed by atoms with Gasteiger partial charge in [-0.25, -0.2) is 9.59 Å². The topological polar surface area (TPSA) is 78.9 Å². The molecule has 156 valence electrons. The number of aliphatic carboxylic acids is 1. The van der Waals surface area contributed by atoms with E-state index >= 15 is 0 Å². The normalized spacial score (nSPS) is 13.2. The van der Waals surface area contributed by atoms with Crippen molar-refractivity contribution in [2.75, 3.05) is 27.2 Å². The molecule has 0 saturated carbocycles. The molecule has 1 atom stereocenters. The number of hydrogen-bond acceptors (Lipinski definition) is 4. The molecular formula is C22H27ClN2O4. The molecule has 0 aromatic heterocycles. The second-order valence-electron chi connectivity index (χ2n) is 7.31. The SMILES string of the molecule is CN(C)CCC[C@H](NC(=O)OCC1c2ccccc2-c2ccccc21)C(=O)O.Cl. The quantitative estimate of drug-likeness (QED) is 0.682. The average Bonchev–Trinajstić information content (AvgIpc) is 2.99. The van der Waals surface area contributed by atoms with Crippen LogP contribution in [-0.2, 0) is 9.53 Å². The van der Waals surface area contributed by atoms with Crippen molar-refractivity contribution in [1.29, 1.82) is 0 Å². The molecular weight excluding hydrogens is 392 g/mol. The first-order chi connectivity index (χ1) is 13.5. The van der Waals surface area contributed by atoms with Gasteiger partial charge in [-0.3, -0.25) is 0 Å². The number of halogens is 1. The molecule has 2 aromatic carbocycles. The van der Waals surface area contributed by atoms with Gasteiger partial charge in [0, 0.05) is 5.92 Å². The van der Waals surface area contributed by atoms with E-state index in [1.54, 1.807) is 0 Å². The Morgan fingerprint density at radius 2 is 1.62 bits per heavy atom. The van der Waals surface area contributed by atoms with E-state index in [1.807, 2.05) is 55.4 Å². The molecule has 29 heavy (non-hydrogen) atoms. The predicted molar refractivity (Wildman–Crippen MR) is 115 cm³/mol. The molecule has 0 unspecified atom stereocenters. The minimum absolute atomic E-state index is 0. The summed E-state index contributed by atoms with van der Waals surface area (Å²) in [5, 5.41) is 11.8. The molecule has 1 amide bonds. The van der Waals surface area contributed by atoms with Gasteiger partial charge in [0.05, 0.1) is 0 Å². The summed E-state index contributed by atoms with van der Waals surface area (Å²) in [5.41, 5.74) is 4.55. The third-order valence-corrected chi connectivity index (χ3v) is 5.03. The summed E-state index contributed by atoms with van der Waals surface area (Å²) in [6, 6.07) is 15.2. The fraction of sp³-hybridized carbons (Fsp3) is 0.364. The van der Waals surface area contributed by atoms with E-state index in [2.05, 4.69) is 17.4 Å². The Morgan fingerprint density at radius 3 is 2.14 bits per heavy atom. The number of carboxylic acids is 1. The van der Waals surface area contributed by atoms with Crippen LogP contribution in [0.5, 0.6) is 0 Å². The number of rotatable bonds is 8. The zero-order valence-electron chi connectivity index (χ0n) is 16.6. The number of hydrogen-bond donors (Lipinski definition) is 2. The van der Waals surface area contributed by atoms with Crippen molar-refractivity contribution in [2.45, 2.75) is 24.8 Å². The maximum absolute atomic E-state index is 12.2. The first-order valence-corrected chi connectivity index (χ1v) is 9.46. The van der Waals surface area contributed by atoms with Crippen molar-refractivity contribution in [2.24, 2.45) is 0 Å². The maximum atomic E-state index is 12.2. The number of amides is 1. The molecule has 3 rings (SSSR count). The molecule has 1 aliphatic carbocycles. The van der Waals surface area contributed by atoms with Gasteiger partial charge in [0.2, 0.25) is 0 Å². The lowest BCUT2D eigenvalue weighted by atomic mass is 9.98. The van der Waals surface area contributed by atoms with E-state index in [1.165, 1.54) is 0 Å². The monoisotopic (exact) mass is 418 g/mol. The van der Waals surface area contributed by atoms with Crippen molar-refractivity contribution >= 4 is 24.5 Å². The number of carbonyl (C=O) groups is 2. The smallest absolute Gasteiger partial charge is 0.407 e. The summed E-state index contributed by atoms with van der Waals surface area (Å²) in [4.78, 5) is 25.6. The van der Waals surface area contributed by atoms with Gasteiger partial charge < -0.3 is 20.1 Å². The first kappa shape index (κ1) is 22.7. The van der Waals surface area contributed by atoms with Crippen LogP contribution in [0.25, 0.3) is 11.1 Å². The van der Waals surface area contributed by atoms with Crippen LogP contribution in [0.3, 0.4) is 0 Å². The molecule has 0 fully saturated rings. The van der Waals surface area contributed by atoms with Crippen LogP contribution in [-0.4, -0.2) is 55.4 Å². The molecule has 0 saturated heterocycles. The number of carboxylic acid groups (broad SMARTS) is 1. The minimum Gasteiger partial charge on any atom is -0.480 e. The van der Waals surface area contributed by atoms with Crippen LogP contribution in [0, 0.1) is 0 Å². The Hall–Kier alpha value is -2.57. The van der Waals surface area contributed by atoms with Gasteiger partial charge in [-0.15, -0.1) is 12.4 Å². The number of fused-ring (bicyclic) bond motifs is 3. The van der Waals surface area contributed by atoms with Gasteiger partial charge in [-0.2, -0.15) is 0 Å². The highest BCUT2D eigenvalue weighted by molar-refractivity contribution is 5.85. The largest absolute Gasteiger partial charge is 0.480 e. The van der Waals surface area contributed by atoms with Crippen molar-refractivity contribution in [1.82, 2.24) is 10.2 Å². The van der Waals surface area contributed by atoms with Gasteiger partial charge in [-0.1, -0.05) is 48.5 Å². The lowest BCUT2D eigenvalue weighted by Crippen LogP contribution is -2.41. The molecule has 0 aliphatic heterocycles. The molecule has 0 radical (unpaired) electrons. The van der Waals surface area contributed by atoms with E-state index in [0.717, 1.165) is 28.8 Å². The molecule has 6 nitrogen and oxygen atoms in total. The standard InChI is InChI=1S/C22H26N2O4.ClH/c1-24(2)13-7-12-20(21(25)26)23-22(27)28-14-19-17-10-5-3-8-15(17)16-9-4-6-11-18(16)19;/h3-6,8-11,19-20H,7,12-14H2,1-2H3,(H,23,27)(H,25,26);1H/t20-;/m0./s1. The number of nitrogens with one attached hydrogen (secondary N) is 1. The molecule has 7 heteroatoms. The van der Waals surface area contributed by atoms with Crippen LogP contribution in [0.2, 0.25) is 0 Å². The summed E-state index contributed by atoms with van der Waals surface area (Å²) in [6.07, 6.45) is 0.338. The molecule has 2 aromatic rings. The summed E-state index contributed by atoms with van der Waals surface area (Å²) < 4.78 is 5.42. The lowest BCUT2D eigenvalue weighted by Gasteiger charge is -2.18. The van der Waals surface area contributed by atoms with E-state index in [-0.39, 0.29) is 24.9 Å². The summed E-state index contributed by atoms with van der Waals surface area (Å²) in [6.45, 7) is 0.931. The van der Waals surface area contributed by atoms with Gasteiger partial charge in [0.15, 0.2) is 0 Å². The molecule has 1 aliphatic rings. The van der Waals surface area contributed by atoms with Crippen LogP contribution in [0.4, 0.5) is 4.79 Å². The van der Waals surface area contributed by atoms with E-state index in [0.29, 0.717) is 12.8 Å². The third kappa shape index (κ3) is 5.49. The fourth-order valence-electron chi connectivity index (χ4n) is 3.65. The van der Waals surface area contributed by atoms with Crippen molar-refractivity contribution in [3.05, 3.63) is 59.7 Å². The highest BCUT2D eigenvalue weighted by atomic mass is 35.5. The van der Waals surface area contributed by atoms with E-state index in [4.69, 9.17) is 4.74 Å². The average molecular weight is 419 g/mol. The Balaban J connectivity index is 0.00000300. The second-order valence-corrected chi connectivity index (χ2v) is 7.31. The Bertz CT molecular complexity index is 811. The van der Waals surface area contributed by atoms with Crippen molar-refractivity contribution < 1.29 is 19.4 Å². The molecule has 0 heterocycles. The highest BCUT2D eigenvalue weighted by Gasteiger charge is 2.29. The van der Waals surface area contributed by atoms with E-state index in [9.17, 15) is 14.7 Å². The number of carbonyl (C=O) groups excluding carboxylic acids is 1. The highest BCUT2D eigenvalue weighted by Crippen LogP contribution is 2.44. The van der Waals surface area contributed by atoms with Crippen LogP contribution in [0.1, 0.15) is 29.9 Å². The number of ether oxygens (including phenoxy) is 1. The molecule has 0 bridgehead atoms. The summed E-state index contributed by atoms with van der Waals surface area (Å²) in [7, 11) is 3.85.